The summed E-state index contributed by atoms with van der Waals surface area (Å²) in [7, 11) is 1.64. The molecule has 2 rings (SSSR count). The van der Waals surface area contributed by atoms with Crippen molar-refractivity contribution in [2.24, 2.45) is 10.9 Å². The molecule has 0 amide bonds. The number of aryl methyl sites for hydroxylation is 1. The number of hydrogen-bond donors (Lipinski definition) is 2. The van der Waals surface area contributed by atoms with Crippen LogP contribution in [-0.4, -0.2) is 18.2 Å². The van der Waals surface area contributed by atoms with Crippen molar-refractivity contribution in [3.63, 3.8) is 0 Å². The number of methoxy groups -OCH3 is 1. The van der Waals surface area contributed by atoms with Gasteiger partial charge in [-0.15, -0.1) is 0 Å². The Labute approximate surface area is 122 Å². The van der Waals surface area contributed by atoms with Gasteiger partial charge in [0.05, 0.1) is 12.0 Å². The van der Waals surface area contributed by atoms with Crippen LogP contribution < -0.4 is 10.5 Å². The van der Waals surface area contributed by atoms with E-state index in [2.05, 4.69) is 5.16 Å². The third-order valence-corrected chi connectivity index (χ3v) is 3.92. The Morgan fingerprint density at radius 1 is 1.20 bits per heavy atom. The Bertz CT molecular complexity index is 642. The molecule has 0 aliphatic heterocycles. The van der Waals surface area contributed by atoms with Gasteiger partial charge in [0, 0.05) is 10.5 Å². The first kappa shape index (κ1) is 14.3. The molecule has 0 atom stereocenters. The van der Waals surface area contributed by atoms with Gasteiger partial charge in [0.25, 0.3) is 0 Å². The number of amidine groups is 1. The van der Waals surface area contributed by atoms with Crippen LogP contribution in [-0.2, 0) is 0 Å². The monoisotopic (exact) mass is 288 g/mol. The van der Waals surface area contributed by atoms with E-state index in [1.165, 1.54) is 11.8 Å². The molecule has 0 spiro atoms. The normalized spacial score (nSPS) is 11.4. The zero-order valence-electron chi connectivity index (χ0n) is 11.3. The van der Waals surface area contributed by atoms with Gasteiger partial charge in [-0.25, -0.2) is 0 Å². The molecule has 0 aliphatic rings. The van der Waals surface area contributed by atoms with Crippen LogP contribution in [0.3, 0.4) is 0 Å². The predicted octanol–water partition coefficient (Wildman–Crippen LogP) is 3.25. The van der Waals surface area contributed by atoms with Crippen LogP contribution in [0.5, 0.6) is 5.75 Å². The van der Waals surface area contributed by atoms with Crippen LogP contribution in [0.15, 0.2) is 57.4 Å². The van der Waals surface area contributed by atoms with E-state index in [1.54, 1.807) is 7.11 Å². The molecular weight excluding hydrogens is 272 g/mol. The van der Waals surface area contributed by atoms with Crippen molar-refractivity contribution in [2.45, 2.75) is 16.7 Å². The van der Waals surface area contributed by atoms with Crippen LogP contribution >= 0.6 is 11.8 Å². The molecule has 0 saturated heterocycles. The third kappa shape index (κ3) is 3.05. The van der Waals surface area contributed by atoms with Gasteiger partial charge in [-0.05, 0) is 36.8 Å². The zero-order valence-corrected chi connectivity index (χ0v) is 12.1. The first-order valence-corrected chi connectivity index (χ1v) is 6.86. The van der Waals surface area contributed by atoms with E-state index in [-0.39, 0.29) is 5.84 Å². The molecule has 0 aliphatic carbocycles. The Kier molecular flexibility index (Phi) is 4.53. The lowest BCUT2D eigenvalue weighted by atomic mass is 10.1. The number of rotatable bonds is 4. The third-order valence-electron chi connectivity index (χ3n) is 2.81. The largest absolute Gasteiger partial charge is 0.496 e. The average Bonchev–Trinajstić information content (AvgIpc) is 2.47. The molecule has 0 aromatic heterocycles. The highest BCUT2D eigenvalue weighted by molar-refractivity contribution is 7.99. The lowest BCUT2D eigenvalue weighted by Crippen LogP contribution is -2.14. The fraction of sp³-hybridized carbons (Fsp3) is 0.133. The van der Waals surface area contributed by atoms with Gasteiger partial charge in [-0.3, -0.25) is 0 Å². The van der Waals surface area contributed by atoms with Gasteiger partial charge in [-0.2, -0.15) is 0 Å². The second-order valence-electron chi connectivity index (χ2n) is 4.24. The molecule has 20 heavy (non-hydrogen) atoms. The molecule has 0 radical (unpaired) electrons. The van der Waals surface area contributed by atoms with Crippen LogP contribution in [0.2, 0.25) is 0 Å². The summed E-state index contributed by atoms with van der Waals surface area (Å²) in [4.78, 5) is 1.90. The zero-order chi connectivity index (χ0) is 14.5. The van der Waals surface area contributed by atoms with Gasteiger partial charge in [0.1, 0.15) is 5.75 Å². The maximum atomic E-state index is 8.88. The lowest BCUT2D eigenvalue weighted by Gasteiger charge is -2.11. The molecule has 104 valence electrons. The Morgan fingerprint density at radius 3 is 2.65 bits per heavy atom. The van der Waals surface area contributed by atoms with Crippen molar-refractivity contribution in [1.29, 1.82) is 0 Å². The van der Waals surface area contributed by atoms with Gasteiger partial charge in [0.2, 0.25) is 0 Å². The van der Waals surface area contributed by atoms with Crippen molar-refractivity contribution >= 4 is 17.6 Å². The fourth-order valence-corrected chi connectivity index (χ4v) is 2.96. The highest BCUT2D eigenvalue weighted by atomic mass is 32.2. The minimum Gasteiger partial charge on any atom is -0.496 e. The fourth-order valence-electron chi connectivity index (χ4n) is 1.80. The molecule has 5 heteroatoms. The molecule has 0 unspecified atom stereocenters. The molecule has 2 aromatic carbocycles. The molecule has 0 bridgehead atoms. The smallest absolute Gasteiger partial charge is 0.171 e. The number of benzene rings is 2. The van der Waals surface area contributed by atoms with Gasteiger partial charge in [-0.1, -0.05) is 35.1 Å². The topological polar surface area (TPSA) is 67.8 Å². The Hall–Kier alpha value is -2.14. The maximum absolute atomic E-state index is 8.88. The van der Waals surface area contributed by atoms with E-state index in [0.29, 0.717) is 5.56 Å². The first-order valence-electron chi connectivity index (χ1n) is 6.05. The molecule has 0 heterocycles. The van der Waals surface area contributed by atoms with E-state index >= 15 is 0 Å². The maximum Gasteiger partial charge on any atom is 0.171 e. The summed E-state index contributed by atoms with van der Waals surface area (Å²) in [6.45, 7) is 2.00. The first-order chi connectivity index (χ1) is 9.65. The number of nitrogens with two attached hydrogens (primary N) is 1. The Morgan fingerprint density at radius 2 is 1.95 bits per heavy atom. The molecule has 4 nitrogen and oxygen atoms in total. The number of nitrogens with zero attached hydrogens (tertiary/aromatic N) is 1. The average molecular weight is 288 g/mol. The van der Waals surface area contributed by atoms with Gasteiger partial charge < -0.3 is 15.7 Å². The number of ether oxygens (including phenoxy) is 1. The van der Waals surface area contributed by atoms with Crippen LogP contribution in [0.4, 0.5) is 0 Å². The van der Waals surface area contributed by atoms with Crippen molar-refractivity contribution in [3.8, 4) is 5.75 Å². The summed E-state index contributed by atoms with van der Waals surface area (Å²) in [6.07, 6.45) is 0. The highest BCUT2D eigenvalue weighted by Crippen LogP contribution is 2.36. The highest BCUT2D eigenvalue weighted by Gasteiger charge is 2.11. The second kappa shape index (κ2) is 6.34. The minimum absolute atomic E-state index is 0.0994. The Balaban J connectivity index is 2.45. The second-order valence-corrected chi connectivity index (χ2v) is 5.32. The van der Waals surface area contributed by atoms with E-state index in [0.717, 1.165) is 21.1 Å². The summed E-state index contributed by atoms with van der Waals surface area (Å²) in [5.41, 5.74) is 7.54. The molecule has 0 saturated carbocycles. The van der Waals surface area contributed by atoms with Crippen LogP contribution in [0.25, 0.3) is 0 Å². The standard InChI is InChI=1S/C15H16N2O2S/c1-10-7-8-11(15(16)17-18)14(9-10)20-13-6-4-3-5-12(13)19-2/h3-9,18H,1-2H3,(H2,16,17). The molecule has 0 fully saturated rings. The molecular formula is C15H16N2O2S. The van der Waals surface area contributed by atoms with E-state index in [1.807, 2.05) is 49.4 Å². The van der Waals surface area contributed by atoms with Crippen molar-refractivity contribution < 1.29 is 9.94 Å². The lowest BCUT2D eigenvalue weighted by molar-refractivity contribution is 0.318. The quantitative estimate of drug-likeness (QED) is 0.392. The van der Waals surface area contributed by atoms with E-state index in [9.17, 15) is 0 Å². The summed E-state index contributed by atoms with van der Waals surface area (Å²) < 4.78 is 5.34. The van der Waals surface area contributed by atoms with E-state index < -0.39 is 0 Å². The predicted molar refractivity (Wildman–Crippen MR) is 80.8 cm³/mol. The molecule has 3 N–H and O–H groups in total. The van der Waals surface area contributed by atoms with Crippen molar-refractivity contribution in [3.05, 3.63) is 53.6 Å². The van der Waals surface area contributed by atoms with Crippen LogP contribution in [0, 0.1) is 6.92 Å². The summed E-state index contributed by atoms with van der Waals surface area (Å²) >= 11 is 1.53. The van der Waals surface area contributed by atoms with Crippen molar-refractivity contribution in [2.75, 3.05) is 7.11 Å². The number of oxime groups is 1. The van der Waals surface area contributed by atoms with Gasteiger partial charge >= 0.3 is 0 Å². The van der Waals surface area contributed by atoms with Crippen LogP contribution in [0.1, 0.15) is 11.1 Å². The molecule has 2 aromatic rings. The number of para-hydroxylation sites is 1. The summed E-state index contributed by atoms with van der Waals surface area (Å²) in [5.74, 6) is 0.895. The van der Waals surface area contributed by atoms with Crippen molar-refractivity contribution in [1.82, 2.24) is 0 Å². The SMILES string of the molecule is COc1ccccc1Sc1cc(C)ccc1C(N)=NO. The van der Waals surface area contributed by atoms with Gasteiger partial charge in [0.15, 0.2) is 5.84 Å². The summed E-state index contributed by atoms with van der Waals surface area (Å²) in [5, 5.41) is 12.0. The van der Waals surface area contributed by atoms with E-state index in [4.69, 9.17) is 15.7 Å². The number of hydrogen-bond acceptors (Lipinski definition) is 4. The minimum atomic E-state index is 0.0994. The summed E-state index contributed by atoms with van der Waals surface area (Å²) in [6, 6.07) is 13.5.